The largest absolute Gasteiger partial charge is 0.315 e. The van der Waals surface area contributed by atoms with E-state index < -0.39 is 0 Å². The van der Waals surface area contributed by atoms with Gasteiger partial charge in [0.05, 0.1) is 0 Å². The molecule has 0 amide bonds. The number of nitrogens with one attached hydrogen (secondary N) is 1. The first-order chi connectivity index (χ1) is 9.42. The zero-order valence-electron chi connectivity index (χ0n) is 11.7. The number of piperazine rings is 1. The molecule has 0 spiro atoms. The van der Waals surface area contributed by atoms with E-state index in [0.717, 1.165) is 19.1 Å². The van der Waals surface area contributed by atoms with Crippen LogP contribution in [0.5, 0.6) is 0 Å². The summed E-state index contributed by atoms with van der Waals surface area (Å²) >= 11 is 1.86. The summed E-state index contributed by atoms with van der Waals surface area (Å²) in [5.74, 6) is 0. The Morgan fingerprint density at radius 1 is 1.16 bits per heavy atom. The smallest absolute Gasteiger partial charge is 0.0113 e. The van der Waals surface area contributed by atoms with E-state index in [2.05, 4.69) is 32.6 Å². The van der Waals surface area contributed by atoms with Crippen LogP contribution >= 0.6 is 11.3 Å². The average molecular weight is 279 g/mol. The van der Waals surface area contributed by atoms with Crippen molar-refractivity contribution in [3.8, 4) is 0 Å². The molecule has 1 aliphatic heterocycles. The molecule has 1 saturated heterocycles. The molecule has 1 aliphatic carbocycles. The summed E-state index contributed by atoms with van der Waals surface area (Å²) in [5.41, 5.74) is 0. The molecule has 2 heterocycles. The average Bonchev–Trinajstić information content (AvgIpc) is 3.17. The topological polar surface area (TPSA) is 18.5 Å². The third-order valence-corrected chi connectivity index (χ3v) is 5.14. The number of nitrogens with zero attached hydrogens (tertiary/aromatic N) is 2. The molecular weight excluding hydrogens is 254 g/mol. The Morgan fingerprint density at radius 3 is 2.68 bits per heavy atom. The van der Waals surface area contributed by atoms with Crippen molar-refractivity contribution in [2.24, 2.45) is 0 Å². The zero-order valence-corrected chi connectivity index (χ0v) is 12.5. The van der Waals surface area contributed by atoms with Crippen LogP contribution in [-0.4, -0.2) is 61.7 Å². The molecule has 1 aromatic rings. The Morgan fingerprint density at radius 2 is 2.00 bits per heavy atom. The van der Waals surface area contributed by atoms with Crippen molar-refractivity contribution in [2.45, 2.75) is 25.3 Å². The van der Waals surface area contributed by atoms with Crippen LogP contribution < -0.4 is 5.32 Å². The normalized spacial score (nSPS) is 21.9. The van der Waals surface area contributed by atoms with Crippen molar-refractivity contribution >= 4 is 11.3 Å². The van der Waals surface area contributed by atoms with E-state index >= 15 is 0 Å². The lowest BCUT2D eigenvalue weighted by molar-refractivity contribution is 0.127. The van der Waals surface area contributed by atoms with Crippen LogP contribution in [0.4, 0.5) is 0 Å². The summed E-state index contributed by atoms with van der Waals surface area (Å²) in [6.07, 6.45) is 4.07. The van der Waals surface area contributed by atoms with Crippen molar-refractivity contribution in [2.75, 3.05) is 45.8 Å². The van der Waals surface area contributed by atoms with Gasteiger partial charge >= 0.3 is 0 Å². The highest BCUT2D eigenvalue weighted by Crippen LogP contribution is 2.27. The van der Waals surface area contributed by atoms with Crippen molar-refractivity contribution in [3.63, 3.8) is 0 Å². The molecular formula is C15H25N3S. The van der Waals surface area contributed by atoms with Crippen molar-refractivity contribution in [3.05, 3.63) is 22.4 Å². The fourth-order valence-electron chi connectivity index (χ4n) is 2.82. The van der Waals surface area contributed by atoms with Crippen molar-refractivity contribution < 1.29 is 0 Å². The minimum atomic E-state index is 0.950. The van der Waals surface area contributed by atoms with Gasteiger partial charge in [-0.3, -0.25) is 9.80 Å². The van der Waals surface area contributed by atoms with Gasteiger partial charge in [0.1, 0.15) is 0 Å². The number of thiophene rings is 1. The molecule has 0 bridgehead atoms. The van der Waals surface area contributed by atoms with Crippen LogP contribution in [-0.2, 0) is 6.42 Å². The molecule has 1 saturated carbocycles. The molecule has 1 aromatic heterocycles. The quantitative estimate of drug-likeness (QED) is 0.766. The number of hydrogen-bond acceptors (Lipinski definition) is 4. The second kappa shape index (κ2) is 6.84. The molecule has 2 aliphatic rings. The monoisotopic (exact) mass is 279 g/mol. The molecule has 0 atom stereocenters. The van der Waals surface area contributed by atoms with E-state index in [0.29, 0.717) is 0 Å². The van der Waals surface area contributed by atoms with Crippen LogP contribution in [0.2, 0.25) is 0 Å². The summed E-state index contributed by atoms with van der Waals surface area (Å²) in [7, 11) is 0. The SMILES string of the molecule is c1csc(CCNCCN2CCN(C3CC3)CC2)c1. The van der Waals surface area contributed by atoms with Crippen LogP contribution in [0.15, 0.2) is 17.5 Å². The maximum Gasteiger partial charge on any atom is 0.0113 e. The van der Waals surface area contributed by atoms with Crippen LogP contribution in [0.25, 0.3) is 0 Å². The van der Waals surface area contributed by atoms with E-state index in [-0.39, 0.29) is 0 Å². The van der Waals surface area contributed by atoms with Gasteiger partial charge in [-0.1, -0.05) is 6.07 Å². The number of rotatable bonds is 7. The fourth-order valence-corrected chi connectivity index (χ4v) is 3.53. The van der Waals surface area contributed by atoms with E-state index in [1.54, 1.807) is 0 Å². The Balaban J connectivity index is 1.22. The predicted molar refractivity (Wildman–Crippen MR) is 81.9 cm³/mol. The summed E-state index contributed by atoms with van der Waals surface area (Å²) in [5, 5.41) is 5.73. The minimum absolute atomic E-state index is 0.950. The summed E-state index contributed by atoms with van der Waals surface area (Å²) in [6, 6.07) is 5.31. The van der Waals surface area contributed by atoms with Crippen molar-refractivity contribution in [1.82, 2.24) is 15.1 Å². The molecule has 0 radical (unpaired) electrons. The standard InChI is InChI=1S/C15H25N3S/c1-2-15(19-13-1)5-6-16-7-8-17-9-11-18(12-10-17)14-3-4-14/h1-2,13-14,16H,3-12H2. The molecule has 106 valence electrons. The third-order valence-electron chi connectivity index (χ3n) is 4.20. The van der Waals surface area contributed by atoms with Gasteiger partial charge in [-0.05, 0) is 30.7 Å². The van der Waals surface area contributed by atoms with Gasteiger partial charge in [0.15, 0.2) is 0 Å². The Labute approximate surface area is 120 Å². The lowest BCUT2D eigenvalue weighted by atomic mass is 10.3. The van der Waals surface area contributed by atoms with E-state index in [9.17, 15) is 0 Å². The second-order valence-corrected chi connectivity index (χ2v) is 6.72. The Kier molecular flexibility index (Phi) is 4.88. The maximum absolute atomic E-state index is 3.57. The Bertz CT molecular complexity index is 353. The van der Waals surface area contributed by atoms with Gasteiger partial charge < -0.3 is 5.32 Å². The Hall–Kier alpha value is -0.420. The highest BCUT2D eigenvalue weighted by molar-refractivity contribution is 7.09. The minimum Gasteiger partial charge on any atom is -0.315 e. The molecule has 19 heavy (non-hydrogen) atoms. The van der Waals surface area contributed by atoms with E-state index in [1.165, 1.54) is 56.9 Å². The summed E-state index contributed by atoms with van der Waals surface area (Å²) in [4.78, 5) is 6.78. The lowest BCUT2D eigenvalue weighted by Gasteiger charge is -2.34. The highest BCUT2D eigenvalue weighted by Gasteiger charge is 2.30. The van der Waals surface area contributed by atoms with Gasteiger partial charge in [0.25, 0.3) is 0 Å². The maximum atomic E-state index is 3.57. The van der Waals surface area contributed by atoms with Gasteiger partial charge in [0, 0.05) is 56.7 Å². The first-order valence-electron chi connectivity index (χ1n) is 7.61. The highest BCUT2D eigenvalue weighted by atomic mass is 32.1. The molecule has 0 unspecified atom stereocenters. The van der Waals surface area contributed by atoms with E-state index in [1.807, 2.05) is 11.3 Å². The molecule has 4 heteroatoms. The first kappa shape index (κ1) is 13.6. The molecule has 2 fully saturated rings. The van der Waals surface area contributed by atoms with E-state index in [4.69, 9.17) is 0 Å². The van der Waals surface area contributed by atoms with Gasteiger partial charge in [-0.15, -0.1) is 11.3 Å². The van der Waals surface area contributed by atoms with Gasteiger partial charge in [-0.2, -0.15) is 0 Å². The molecule has 3 rings (SSSR count). The first-order valence-corrected chi connectivity index (χ1v) is 8.49. The lowest BCUT2D eigenvalue weighted by Crippen LogP contribution is -2.48. The molecule has 1 N–H and O–H groups in total. The van der Waals surface area contributed by atoms with Gasteiger partial charge in [-0.25, -0.2) is 0 Å². The fraction of sp³-hybridized carbons (Fsp3) is 0.733. The summed E-state index contributed by atoms with van der Waals surface area (Å²) < 4.78 is 0. The van der Waals surface area contributed by atoms with Crippen LogP contribution in [0.1, 0.15) is 17.7 Å². The number of hydrogen-bond donors (Lipinski definition) is 1. The second-order valence-electron chi connectivity index (χ2n) is 5.69. The summed E-state index contributed by atoms with van der Waals surface area (Å²) in [6.45, 7) is 8.58. The van der Waals surface area contributed by atoms with Gasteiger partial charge in [0.2, 0.25) is 0 Å². The third kappa shape index (κ3) is 4.28. The molecule has 0 aromatic carbocycles. The molecule has 3 nitrogen and oxygen atoms in total. The predicted octanol–water partition coefficient (Wildman–Crippen LogP) is 1.66. The zero-order chi connectivity index (χ0) is 12.9. The van der Waals surface area contributed by atoms with Crippen molar-refractivity contribution in [1.29, 1.82) is 0 Å². The van der Waals surface area contributed by atoms with Crippen LogP contribution in [0, 0.1) is 0 Å². The van der Waals surface area contributed by atoms with Crippen LogP contribution in [0.3, 0.4) is 0 Å².